The second kappa shape index (κ2) is 8.34. The maximum atomic E-state index is 12.0. The van der Waals surface area contributed by atoms with Crippen LogP contribution < -0.4 is 10.1 Å². The molecule has 0 aliphatic carbocycles. The fourth-order valence-corrected chi connectivity index (χ4v) is 2.93. The second-order valence-corrected chi connectivity index (χ2v) is 6.16. The first-order chi connectivity index (χ1) is 12.2. The van der Waals surface area contributed by atoms with Crippen LogP contribution in [-0.2, 0) is 10.5 Å². The number of rotatable bonds is 7. The van der Waals surface area contributed by atoms with Gasteiger partial charge in [-0.1, -0.05) is 41.5 Å². The third-order valence-corrected chi connectivity index (χ3v) is 4.34. The highest BCUT2D eigenvalue weighted by atomic mass is 32.2. The fraction of sp³-hybridized carbons (Fsp3) is 0.167. The molecule has 0 spiro atoms. The van der Waals surface area contributed by atoms with Crippen LogP contribution in [0, 0.1) is 0 Å². The summed E-state index contributed by atoms with van der Waals surface area (Å²) < 4.78 is 10.7. The van der Waals surface area contributed by atoms with Gasteiger partial charge in [-0.2, -0.15) is 0 Å². The minimum absolute atomic E-state index is 0.0862. The monoisotopic (exact) mass is 355 g/mol. The van der Waals surface area contributed by atoms with Crippen LogP contribution in [0.4, 0.5) is 6.01 Å². The van der Waals surface area contributed by atoms with E-state index in [1.165, 1.54) is 17.3 Å². The van der Waals surface area contributed by atoms with Gasteiger partial charge in [-0.15, -0.1) is 16.9 Å². The largest absolute Gasteiger partial charge is 0.497 e. The maximum Gasteiger partial charge on any atom is 0.322 e. The second-order valence-electron chi connectivity index (χ2n) is 5.17. The van der Waals surface area contributed by atoms with Crippen LogP contribution in [0.25, 0.3) is 11.5 Å². The molecule has 25 heavy (non-hydrogen) atoms. The molecule has 0 unspecified atom stereocenters. The number of hydrogen-bond donors (Lipinski definition) is 1. The summed E-state index contributed by atoms with van der Waals surface area (Å²) in [6.07, 6.45) is 0. The number of aromatic nitrogens is 2. The third-order valence-electron chi connectivity index (χ3n) is 3.33. The number of ether oxygens (including phenoxy) is 1. The molecule has 1 aromatic heterocycles. The van der Waals surface area contributed by atoms with E-state index >= 15 is 0 Å². The lowest BCUT2D eigenvalue weighted by molar-refractivity contribution is -0.113. The Hall–Kier alpha value is -2.80. The minimum atomic E-state index is -0.179. The van der Waals surface area contributed by atoms with Crippen molar-refractivity contribution in [2.24, 2.45) is 0 Å². The molecule has 6 nitrogen and oxygen atoms in total. The summed E-state index contributed by atoms with van der Waals surface area (Å²) >= 11 is 1.52. The molecule has 1 amide bonds. The lowest BCUT2D eigenvalue weighted by Crippen LogP contribution is -2.14. The Balaban J connectivity index is 1.53. The summed E-state index contributed by atoms with van der Waals surface area (Å²) in [6.45, 7) is 0. The van der Waals surface area contributed by atoms with Gasteiger partial charge >= 0.3 is 6.01 Å². The lowest BCUT2D eigenvalue weighted by Gasteiger charge is -2.02. The van der Waals surface area contributed by atoms with E-state index in [1.54, 1.807) is 13.2 Å². The molecule has 0 aliphatic heterocycles. The van der Waals surface area contributed by atoms with Gasteiger partial charge in [0, 0.05) is 11.3 Å². The molecule has 3 rings (SSSR count). The number of methoxy groups -OCH3 is 1. The van der Waals surface area contributed by atoms with Gasteiger partial charge in [-0.05, 0) is 23.8 Å². The predicted molar refractivity (Wildman–Crippen MR) is 97.5 cm³/mol. The minimum Gasteiger partial charge on any atom is -0.497 e. The van der Waals surface area contributed by atoms with Gasteiger partial charge in [-0.25, -0.2) is 0 Å². The summed E-state index contributed by atoms with van der Waals surface area (Å²) in [5.41, 5.74) is 1.91. The molecule has 0 fully saturated rings. The van der Waals surface area contributed by atoms with Gasteiger partial charge < -0.3 is 9.15 Å². The number of anilines is 1. The van der Waals surface area contributed by atoms with E-state index < -0.39 is 0 Å². The maximum absolute atomic E-state index is 12.0. The Kier molecular flexibility index (Phi) is 5.69. The van der Waals surface area contributed by atoms with Gasteiger partial charge in [-0.3, -0.25) is 10.1 Å². The summed E-state index contributed by atoms with van der Waals surface area (Å²) in [4.78, 5) is 12.0. The van der Waals surface area contributed by atoms with Crippen LogP contribution in [0.3, 0.4) is 0 Å². The Labute approximate surface area is 149 Å². The fourth-order valence-electron chi connectivity index (χ4n) is 2.14. The quantitative estimate of drug-likeness (QED) is 0.697. The normalized spacial score (nSPS) is 10.4. The number of nitrogens with one attached hydrogen (secondary N) is 1. The van der Waals surface area contributed by atoms with Crippen molar-refractivity contribution >= 4 is 23.7 Å². The van der Waals surface area contributed by atoms with Crippen LogP contribution in [0.15, 0.2) is 59.0 Å². The van der Waals surface area contributed by atoms with Crippen molar-refractivity contribution in [1.82, 2.24) is 10.2 Å². The molecular formula is C18H17N3O3S. The van der Waals surface area contributed by atoms with Gasteiger partial charge in [0.1, 0.15) is 5.75 Å². The number of benzene rings is 2. The third kappa shape index (κ3) is 4.84. The van der Waals surface area contributed by atoms with E-state index in [-0.39, 0.29) is 11.9 Å². The van der Waals surface area contributed by atoms with Crippen molar-refractivity contribution in [2.45, 2.75) is 5.75 Å². The first-order valence-corrected chi connectivity index (χ1v) is 8.79. The van der Waals surface area contributed by atoms with E-state index in [1.807, 2.05) is 48.5 Å². The summed E-state index contributed by atoms with van der Waals surface area (Å²) in [5, 5.41) is 10.4. The molecule has 128 valence electrons. The standard InChI is InChI=1S/C18H17N3O3S/c1-23-15-9-5-8-14(10-15)17-20-21-18(24-17)19-16(22)12-25-11-13-6-3-2-4-7-13/h2-10H,11-12H2,1H3,(H,19,21,22). The van der Waals surface area contributed by atoms with E-state index in [4.69, 9.17) is 9.15 Å². The van der Waals surface area contributed by atoms with Gasteiger partial charge in [0.05, 0.1) is 12.9 Å². The van der Waals surface area contributed by atoms with E-state index in [9.17, 15) is 4.79 Å². The zero-order chi connectivity index (χ0) is 17.5. The lowest BCUT2D eigenvalue weighted by atomic mass is 10.2. The Bertz CT molecular complexity index is 836. The molecule has 0 aliphatic rings. The molecule has 3 aromatic rings. The van der Waals surface area contributed by atoms with Crippen LogP contribution >= 0.6 is 11.8 Å². The molecule has 0 bridgehead atoms. The highest BCUT2D eigenvalue weighted by molar-refractivity contribution is 7.99. The van der Waals surface area contributed by atoms with Crippen LogP contribution in [-0.4, -0.2) is 29.0 Å². The zero-order valence-corrected chi connectivity index (χ0v) is 14.5. The Morgan fingerprint density at radius 1 is 1.16 bits per heavy atom. The van der Waals surface area contributed by atoms with Crippen molar-refractivity contribution < 1.29 is 13.9 Å². The van der Waals surface area contributed by atoms with Crippen LogP contribution in [0.1, 0.15) is 5.56 Å². The number of carbonyl (C=O) groups is 1. The molecule has 7 heteroatoms. The summed E-state index contributed by atoms with van der Waals surface area (Å²) in [6, 6.07) is 17.4. The van der Waals surface area contributed by atoms with Gasteiger partial charge in [0.2, 0.25) is 11.8 Å². The van der Waals surface area contributed by atoms with Crippen molar-refractivity contribution in [3.8, 4) is 17.2 Å². The smallest absolute Gasteiger partial charge is 0.322 e. The van der Waals surface area contributed by atoms with Gasteiger partial charge in [0.15, 0.2) is 0 Å². The number of amides is 1. The first-order valence-electron chi connectivity index (χ1n) is 7.64. The average Bonchev–Trinajstić information content (AvgIpc) is 3.11. The average molecular weight is 355 g/mol. The van der Waals surface area contributed by atoms with Crippen LogP contribution in [0.2, 0.25) is 0 Å². The summed E-state index contributed by atoms with van der Waals surface area (Å²) in [5.74, 6) is 1.92. The predicted octanol–water partition coefficient (Wildman–Crippen LogP) is 3.62. The molecule has 0 radical (unpaired) electrons. The molecule has 0 saturated carbocycles. The molecule has 1 heterocycles. The Morgan fingerprint density at radius 3 is 2.80 bits per heavy atom. The van der Waals surface area contributed by atoms with Crippen molar-refractivity contribution in [3.63, 3.8) is 0 Å². The summed E-state index contributed by atoms with van der Waals surface area (Å²) in [7, 11) is 1.59. The Morgan fingerprint density at radius 2 is 2.00 bits per heavy atom. The van der Waals surface area contributed by atoms with E-state index in [2.05, 4.69) is 15.5 Å². The number of hydrogen-bond acceptors (Lipinski definition) is 6. The zero-order valence-electron chi connectivity index (χ0n) is 13.6. The molecular weight excluding hydrogens is 338 g/mol. The molecule has 0 atom stereocenters. The van der Waals surface area contributed by atoms with Crippen molar-refractivity contribution in [1.29, 1.82) is 0 Å². The SMILES string of the molecule is COc1cccc(-c2nnc(NC(=O)CSCc3ccccc3)o2)c1. The van der Waals surface area contributed by atoms with Gasteiger partial charge in [0.25, 0.3) is 0 Å². The first kappa shape index (κ1) is 17.0. The number of nitrogens with zero attached hydrogens (tertiary/aromatic N) is 2. The molecule has 1 N–H and O–H groups in total. The van der Waals surface area contributed by atoms with Crippen molar-refractivity contribution in [3.05, 3.63) is 60.2 Å². The molecule has 2 aromatic carbocycles. The van der Waals surface area contributed by atoms with Crippen molar-refractivity contribution in [2.75, 3.05) is 18.2 Å². The highest BCUT2D eigenvalue weighted by Gasteiger charge is 2.12. The van der Waals surface area contributed by atoms with E-state index in [0.29, 0.717) is 17.4 Å². The molecule has 0 saturated heterocycles. The number of carbonyl (C=O) groups excluding carboxylic acids is 1. The van der Waals surface area contributed by atoms with Crippen LogP contribution in [0.5, 0.6) is 5.75 Å². The van der Waals surface area contributed by atoms with E-state index in [0.717, 1.165) is 11.3 Å². The topological polar surface area (TPSA) is 77.3 Å². The number of thioether (sulfide) groups is 1. The highest BCUT2D eigenvalue weighted by Crippen LogP contribution is 2.23.